The van der Waals surface area contributed by atoms with Crippen LogP contribution in [-0.4, -0.2) is 51.1 Å². The van der Waals surface area contributed by atoms with Gasteiger partial charge in [-0.3, -0.25) is 0 Å². The number of fused-ring (bicyclic) bond motifs is 3. The Kier molecular flexibility index (Phi) is 3.75. The van der Waals surface area contributed by atoms with E-state index in [2.05, 4.69) is 76.3 Å². The summed E-state index contributed by atoms with van der Waals surface area (Å²) in [6.07, 6.45) is 2.19. The fourth-order valence-electron chi connectivity index (χ4n) is 5.13. The van der Waals surface area contributed by atoms with Gasteiger partial charge in [-0.25, -0.2) is 0 Å². The molecule has 0 fully saturated rings. The standard InChI is InChI=1S/C21H24BN5O2/c1-12-9-14(3)26-20(12)19(16-7-8-17-18(11-16)24-25-23-17)21-13(2)10-15(4)27(21)22(26,28-5)29-6/h7-11H,1-6H3,(H,23,24,25). The number of benzene rings is 1. The Morgan fingerprint density at radius 1 is 1.00 bits per heavy atom. The van der Waals surface area contributed by atoms with E-state index >= 15 is 0 Å². The second-order valence-corrected chi connectivity index (χ2v) is 7.88. The molecule has 7 nitrogen and oxygen atoms in total. The average Bonchev–Trinajstić information content (AvgIpc) is 3.37. The van der Waals surface area contributed by atoms with Crippen molar-refractivity contribution in [3.8, 4) is 0 Å². The molecule has 0 unspecified atom stereocenters. The number of aromatic amines is 1. The van der Waals surface area contributed by atoms with Gasteiger partial charge < -0.3 is 18.3 Å². The summed E-state index contributed by atoms with van der Waals surface area (Å²) < 4.78 is 16.7. The lowest BCUT2D eigenvalue weighted by Crippen LogP contribution is -2.61. The van der Waals surface area contributed by atoms with Crippen molar-refractivity contribution in [2.75, 3.05) is 14.2 Å². The van der Waals surface area contributed by atoms with Gasteiger partial charge in [-0.05, 0) is 70.0 Å². The topological polar surface area (TPSA) is 68.0 Å². The predicted octanol–water partition coefficient (Wildman–Crippen LogP) is 3.16. The maximum Gasteiger partial charge on any atom is 0.665 e. The van der Waals surface area contributed by atoms with Crippen LogP contribution in [0.1, 0.15) is 36.4 Å². The van der Waals surface area contributed by atoms with E-state index in [0.29, 0.717) is 0 Å². The van der Waals surface area contributed by atoms with E-state index in [1.54, 1.807) is 14.2 Å². The molecule has 0 spiro atoms. The van der Waals surface area contributed by atoms with Crippen LogP contribution in [0.3, 0.4) is 0 Å². The summed E-state index contributed by atoms with van der Waals surface area (Å²) in [6, 6.07) is 8.39. The van der Waals surface area contributed by atoms with Crippen LogP contribution < -0.4 is 0 Å². The van der Waals surface area contributed by atoms with Gasteiger partial charge in [0.05, 0.1) is 5.57 Å². The lowest BCUT2D eigenvalue weighted by atomic mass is 9.78. The molecule has 0 aliphatic carbocycles. The molecule has 0 radical (unpaired) electrons. The number of hydrogen-bond donors (Lipinski definition) is 1. The summed E-state index contributed by atoms with van der Waals surface area (Å²) in [5.74, 6) is 0. The largest absolute Gasteiger partial charge is 0.665 e. The highest BCUT2D eigenvalue weighted by molar-refractivity contribution is 6.59. The highest BCUT2D eigenvalue weighted by Crippen LogP contribution is 2.43. The summed E-state index contributed by atoms with van der Waals surface area (Å²) in [7, 11) is 3.43. The van der Waals surface area contributed by atoms with Crippen molar-refractivity contribution >= 4 is 29.1 Å². The molecule has 0 saturated carbocycles. The van der Waals surface area contributed by atoms with Gasteiger partial charge in [-0.1, -0.05) is 6.07 Å². The molecule has 5 rings (SSSR count). The van der Waals surface area contributed by atoms with E-state index in [9.17, 15) is 0 Å². The summed E-state index contributed by atoms with van der Waals surface area (Å²) in [5.41, 5.74) is 10.7. The van der Waals surface area contributed by atoms with Crippen LogP contribution in [0.15, 0.2) is 41.6 Å². The maximum absolute atomic E-state index is 6.14. The molecule has 2 aliphatic rings. The third-order valence-corrected chi connectivity index (χ3v) is 6.18. The molecule has 0 atom stereocenters. The molecular weight excluding hydrogens is 365 g/mol. The van der Waals surface area contributed by atoms with E-state index in [-0.39, 0.29) is 0 Å². The first kappa shape index (κ1) is 18.1. The van der Waals surface area contributed by atoms with E-state index in [4.69, 9.17) is 9.31 Å². The van der Waals surface area contributed by atoms with Crippen molar-refractivity contribution < 1.29 is 13.8 Å². The number of H-pyrrole nitrogens is 1. The zero-order chi connectivity index (χ0) is 20.5. The Morgan fingerprint density at radius 3 is 2.45 bits per heavy atom. The Balaban J connectivity index is 1.94. The van der Waals surface area contributed by atoms with E-state index < -0.39 is 6.82 Å². The third kappa shape index (κ3) is 2.18. The number of nitrogens with zero attached hydrogens (tertiary/aromatic N) is 4. The predicted molar refractivity (Wildman–Crippen MR) is 114 cm³/mol. The van der Waals surface area contributed by atoms with Gasteiger partial charge in [0.1, 0.15) is 16.7 Å². The number of aromatic nitrogens is 4. The first-order valence-electron chi connectivity index (χ1n) is 9.74. The Hall–Kier alpha value is -2.97. The molecule has 148 valence electrons. The minimum absolute atomic E-state index is 0.843. The second-order valence-electron chi connectivity index (χ2n) is 7.88. The number of allylic oxidation sites excluding steroid dienone is 2. The van der Waals surface area contributed by atoms with Crippen molar-refractivity contribution in [2.24, 2.45) is 0 Å². The molecule has 3 aromatic rings. The molecule has 0 amide bonds. The van der Waals surface area contributed by atoms with Crippen LogP contribution in [0.4, 0.5) is 0 Å². The van der Waals surface area contributed by atoms with Crippen LogP contribution in [0, 0.1) is 13.8 Å². The van der Waals surface area contributed by atoms with Crippen LogP contribution in [0.2, 0.25) is 0 Å². The minimum atomic E-state index is -1.92. The highest BCUT2D eigenvalue weighted by Gasteiger charge is 2.55. The Labute approximate surface area is 169 Å². The highest BCUT2D eigenvalue weighted by atomic mass is 16.6. The van der Waals surface area contributed by atoms with Gasteiger partial charge in [0, 0.05) is 24.3 Å². The number of nitrogens with one attached hydrogen (secondary N) is 1. The van der Waals surface area contributed by atoms with Crippen molar-refractivity contribution in [3.05, 3.63) is 64.1 Å². The monoisotopic (exact) mass is 389 g/mol. The number of rotatable bonds is 3. The van der Waals surface area contributed by atoms with Gasteiger partial charge >= 0.3 is 6.82 Å². The second kappa shape index (κ2) is 6.01. The van der Waals surface area contributed by atoms with Crippen molar-refractivity contribution in [2.45, 2.75) is 27.7 Å². The van der Waals surface area contributed by atoms with Crippen LogP contribution in [0.25, 0.3) is 16.6 Å². The van der Waals surface area contributed by atoms with Gasteiger partial charge in [0.2, 0.25) is 0 Å². The first-order chi connectivity index (χ1) is 13.9. The summed E-state index contributed by atoms with van der Waals surface area (Å²) in [6.45, 7) is 6.55. The Morgan fingerprint density at radius 2 is 1.72 bits per heavy atom. The summed E-state index contributed by atoms with van der Waals surface area (Å²) in [4.78, 5) is 0. The van der Waals surface area contributed by atoms with Gasteiger partial charge in [0.15, 0.2) is 5.70 Å². The lowest BCUT2D eigenvalue weighted by Gasteiger charge is -2.41. The number of hydrogen-bond acceptors (Lipinski definition) is 4. The quantitative estimate of drug-likeness (QED) is 0.699. The Bertz CT molecular complexity index is 1270. The molecule has 29 heavy (non-hydrogen) atoms. The molecule has 1 aromatic carbocycles. The molecule has 2 aliphatic heterocycles. The summed E-state index contributed by atoms with van der Waals surface area (Å²) in [5, 5.41) is 11.2. The van der Waals surface area contributed by atoms with E-state index in [0.717, 1.165) is 45.0 Å². The fourth-order valence-corrected chi connectivity index (χ4v) is 5.13. The molecule has 1 N–H and O–H groups in total. The van der Waals surface area contributed by atoms with Crippen molar-refractivity contribution in [3.63, 3.8) is 0 Å². The zero-order valence-electron chi connectivity index (χ0n) is 17.6. The van der Waals surface area contributed by atoms with Crippen LogP contribution in [0.5, 0.6) is 0 Å². The normalized spacial score (nSPS) is 17.8. The summed E-state index contributed by atoms with van der Waals surface area (Å²) >= 11 is 0. The molecule has 2 aromatic heterocycles. The lowest BCUT2D eigenvalue weighted by molar-refractivity contribution is -0.382. The molecule has 8 heteroatoms. The number of aryl methyl sites for hydroxylation is 2. The smallest absolute Gasteiger partial charge is 0.486 e. The fraction of sp³-hybridized carbons (Fsp3) is 0.286. The maximum atomic E-state index is 6.14. The minimum Gasteiger partial charge on any atom is -0.486 e. The van der Waals surface area contributed by atoms with Gasteiger partial charge in [-0.15, -0.1) is 0 Å². The van der Waals surface area contributed by atoms with Crippen LogP contribution in [-0.2, 0) is 9.31 Å². The van der Waals surface area contributed by atoms with Crippen molar-refractivity contribution in [1.82, 2.24) is 19.9 Å². The molecule has 4 heterocycles. The zero-order valence-corrected chi connectivity index (χ0v) is 17.6. The molecule has 0 bridgehead atoms. The first-order valence-corrected chi connectivity index (χ1v) is 9.74. The van der Waals surface area contributed by atoms with Gasteiger partial charge in [-0.2, -0.15) is 15.4 Å². The molecular formula is C21H24BN5O2. The van der Waals surface area contributed by atoms with Crippen molar-refractivity contribution in [1.29, 1.82) is 0 Å². The third-order valence-electron chi connectivity index (χ3n) is 6.18. The SMILES string of the molecule is CO[B-]1(OC)n2c(C)cc(C)c2C(c2ccc3n[nH]nc3c2)=C2C(C)=CC(C)=[N+]21. The average molecular weight is 389 g/mol. The molecule has 0 saturated heterocycles. The van der Waals surface area contributed by atoms with Gasteiger partial charge in [0.25, 0.3) is 0 Å². The van der Waals surface area contributed by atoms with E-state index in [1.807, 2.05) is 6.07 Å². The van der Waals surface area contributed by atoms with E-state index in [1.165, 1.54) is 11.1 Å². The van der Waals surface area contributed by atoms with Crippen LogP contribution >= 0.6 is 0 Å².